The molecule has 1 aromatic heterocycles. The van der Waals surface area contributed by atoms with Gasteiger partial charge in [0.1, 0.15) is 11.5 Å². The molecule has 0 atom stereocenters. The number of rotatable bonds is 1. The average molecular weight is 223 g/mol. The van der Waals surface area contributed by atoms with Gasteiger partial charge in [0, 0.05) is 18.0 Å². The van der Waals surface area contributed by atoms with Crippen molar-refractivity contribution in [1.29, 1.82) is 0 Å². The zero-order valence-corrected chi connectivity index (χ0v) is 8.79. The summed E-state index contributed by atoms with van der Waals surface area (Å²) in [4.78, 5) is 8.00. The van der Waals surface area contributed by atoms with Gasteiger partial charge in [0.15, 0.2) is 5.15 Å². The fraction of sp³-hybridized carbons (Fsp3) is 0.0909. The van der Waals surface area contributed by atoms with Gasteiger partial charge in [-0.2, -0.15) is 0 Å². The van der Waals surface area contributed by atoms with Crippen LogP contribution in [-0.2, 0) is 0 Å². The molecule has 1 heterocycles. The van der Waals surface area contributed by atoms with E-state index in [2.05, 4.69) is 9.97 Å². The van der Waals surface area contributed by atoms with E-state index in [-0.39, 0.29) is 11.0 Å². The number of halogens is 2. The van der Waals surface area contributed by atoms with Crippen molar-refractivity contribution in [2.45, 2.75) is 6.92 Å². The second-order valence-corrected chi connectivity index (χ2v) is 3.51. The first kappa shape index (κ1) is 10.1. The zero-order chi connectivity index (χ0) is 10.8. The van der Waals surface area contributed by atoms with Gasteiger partial charge in [-0.15, -0.1) is 0 Å². The van der Waals surface area contributed by atoms with Gasteiger partial charge in [-0.05, 0) is 24.6 Å². The molecule has 0 saturated heterocycles. The van der Waals surface area contributed by atoms with Crippen LogP contribution >= 0.6 is 11.6 Å². The molecule has 0 N–H and O–H groups in total. The Hall–Kier alpha value is -1.48. The van der Waals surface area contributed by atoms with Crippen LogP contribution in [0.25, 0.3) is 11.3 Å². The Kier molecular flexibility index (Phi) is 2.64. The van der Waals surface area contributed by atoms with Gasteiger partial charge in [0.2, 0.25) is 0 Å². The lowest BCUT2D eigenvalue weighted by molar-refractivity contribution is 0.628. The normalized spacial score (nSPS) is 10.3. The molecule has 2 rings (SSSR count). The van der Waals surface area contributed by atoms with Crippen LogP contribution in [0.3, 0.4) is 0 Å². The molecule has 0 spiro atoms. The van der Waals surface area contributed by atoms with Crippen molar-refractivity contribution in [3.05, 3.63) is 47.1 Å². The molecular formula is C11H8ClFN2. The second-order valence-electron chi connectivity index (χ2n) is 3.16. The van der Waals surface area contributed by atoms with Crippen molar-refractivity contribution in [2.24, 2.45) is 0 Å². The summed E-state index contributed by atoms with van der Waals surface area (Å²) in [5, 5.41) is 0.284. The molecule has 0 saturated carbocycles. The molecule has 0 bridgehead atoms. The molecule has 0 radical (unpaired) electrons. The van der Waals surface area contributed by atoms with E-state index in [9.17, 15) is 4.39 Å². The van der Waals surface area contributed by atoms with Gasteiger partial charge in [0.25, 0.3) is 0 Å². The van der Waals surface area contributed by atoms with E-state index in [1.54, 1.807) is 6.07 Å². The molecule has 0 aliphatic rings. The van der Waals surface area contributed by atoms with Gasteiger partial charge in [-0.3, -0.25) is 4.98 Å². The molecule has 0 unspecified atom stereocenters. The van der Waals surface area contributed by atoms with E-state index in [1.165, 1.54) is 24.5 Å². The van der Waals surface area contributed by atoms with Gasteiger partial charge in [0.05, 0.1) is 0 Å². The third-order valence-corrected chi connectivity index (χ3v) is 2.38. The quantitative estimate of drug-likeness (QED) is 0.740. The van der Waals surface area contributed by atoms with Crippen molar-refractivity contribution in [1.82, 2.24) is 9.97 Å². The summed E-state index contributed by atoms with van der Waals surface area (Å²) in [6.07, 6.45) is 3.03. The standard InChI is InChI=1S/C11H8ClFN2/c1-7-2-3-8(13)6-9(7)10-11(12)15-5-4-14-10/h2-6H,1H3. The first-order chi connectivity index (χ1) is 7.18. The van der Waals surface area contributed by atoms with Crippen molar-refractivity contribution in [2.75, 3.05) is 0 Å². The Labute approximate surface area is 91.8 Å². The second kappa shape index (κ2) is 3.95. The minimum Gasteiger partial charge on any atom is -0.251 e. The van der Waals surface area contributed by atoms with Gasteiger partial charge in [-0.25, -0.2) is 9.37 Å². The minimum absolute atomic E-state index is 0.284. The summed E-state index contributed by atoms with van der Waals surface area (Å²) in [5.74, 6) is -0.308. The first-order valence-corrected chi connectivity index (χ1v) is 4.79. The molecule has 2 aromatic rings. The number of benzene rings is 1. The topological polar surface area (TPSA) is 25.8 Å². The van der Waals surface area contributed by atoms with E-state index in [0.29, 0.717) is 11.3 Å². The summed E-state index contributed by atoms with van der Waals surface area (Å²) in [5.41, 5.74) is 2.10. The highest BCUT2D eigenvalue weighted by molar-refractivity contribution is 6.31. The molecule has 15 heavy (non-hydrogen) atoms. The van der Waals surface area contributed by atoms with Crippen LogP contribution in [-0.4, -0.2) is 9.97 Å². The molecule has 0 aliphatic heterocycles. The van der Waals surface area contributed by atoms with Gasteiger partial charge in [-0.1, -0.05) is 17.7 Å². The van der Waals surface area contributed by atoms with Crippen molar-refractivity contribution in [3.63, 3.8) is 0 Å². The van der Waals surface area contributed by atoms with E-state index in [1.807, 2.05) is 6.92 Å². The summed E-state index contributed by atoms with van der Waals surface area (Å²) in [6.45, 7) is 1.87. The highest BCUT2D eigenvalue weighted by atomic mass is 35.5. The van der Waals surface area contributed by atoms with Crippen molar-refractivity contribution < 1.29 is 4.39 Å². The fourth-order valence-electron chi connectivity index (χ4n) is 1.35. The highest BCUT2D eigenvalue weighted by Crippen LogP contribution is 2.26. The van der Waals surface area contributed by atoms with Gasteiger partial charge < -0.3 is 0 Å². The lowest BCUT2D eigenvalue weighted by Crippen LogP contribution is -1.91. The Morgan fingerprint density at radius 3 is 2.67 bits per heavy atom. The van der Waals surface area contributed by atoms with E-state index >= 15 is 0 Å². The van der Waals surface area contributed by atoms with Crippen LogP contribution in [0.2, 0.25) is 5.15 Å². The molecule has 0 amide bonds. The predicted octanol–water partition coefficient (Wildman–Crippen LogP) is 3.24. The molecule has 4 heteroatoms. The molecular weight excluding hydrogens is 215 g/mol. The average Bonchev–Trinajstić information content (AvgIpc) is 2.23. The van der Waals surface area contributed by atoms with Crippen LogP contribution in [0, 0.1) is 12.7 Å². The summed E-state index contributed by atoms with van der Waals surface area (Å²) in [6, 6.07) is 4.50. The predicted molar refractivity (Wildman–Crippen MR) is 57.2 cm³/mol. The molecule has 0 aliphatic carbocycles. The number of aryl methyl sites for hydroxylation is 1. The van der Waals surface area contributed by atoms with Crippen LogP contribution < -0.4 is 0 Å². The SMILES string of the molecule is Cc1ccc(F)cc1-c1nccnc1Cl. The number of hydrogen-bond acceptors (Lipinski definition) is 2. The Balaban J connectivity index is 2.64. The van der Waals surface area contributed by atoms with Crippen molar-refractivity contribution >= 4 is 11.6 Å². The third kappa shape index (κ3) is 1.97. The highest BCUT2D eigenvalue weighted by Gasteiger charge is 2.09. The summed E-state index contributed by atoms with van der Waals surface area (Å²) < 4.78 is 13.1. The van der Waals surface area contributed by atoms with E-state index < -0.39 is 0 Å². The van der Waals surface area contributed by atoms with Crippen molar-refractivity contribution in [3.8, 4) is 11.3 Å². The summed E-state index contributed by atoms with van der Waals surface area (Å²) in [7, 11) is 0. The van der Waals surface area contributed by atoms with E-state index in [4.69, 9.17) is 11.6 Å². The Morgan fingerprint density at radius 2 is 1.93 bits per heavy atom. The molecule has 2 nitrogen and oxygen atoms in total. The lowest BCUT2D eigenvalue weighted by atomic mass is 10.1. The number of nitrogens with zero attached hydrogens (tertiary/aromatic N) is 2. The van der Waals surface area contributed by atoms with Crippen LogP contribution in [0.5, 0.6) is 0 Å². The fourth-order valence-corrected chi connectivity index (χ4v) is 1.56. The van der Waals surface area contributed by atoms with Crippen LogP contribution in [0.1, 0.15) is 5.56 Å². The molecule has 76 valence electrons. The van der Waals surface area contributed by atoms with Crippen LogP contribution in [0.15, 0.2) is 30.6 Å². The van der Waals surface area contributed by atoms with Crippen LogP contribution in [0.4, 0.5) is 4.39 Å². The molecule has 0 fully saturated rings. The minimum atomic E-state index is -0.308. The Morgan fingerprint density at radius 1 is 1.20 bits per heavy atom. The maximum Gasteiger partial charge on any atom is 0.155 e. The smallest absolute Gasteiger partial charge is 0.155 e. The lowest BCUT2D eigenvalue weighted by Gasteiger charge is -2.05. The first-order valence-electron chi connectivity index (χ1n) is 4.41. The third-order valence-electron chi connectivity index (χ3n) is 2.11. The number of aromatic nitrogens is 2. The Bertz CT molecular complexity index is 500. The largest absolute Gasteiger partial charge is 0.251 e. The maximum atomic E-state index is 13.1. The number of hydrogen-bond donors (Lipinski definition) is 0. The maximum absolute atomic E-state index is 13.1. The van der Waals surface area contributed by atoms with Gasteiger partial charge >= 0.3 is 0 Å². The monoisotopic (exact) mass is 222 g/mol. The van der Waals surface area contributed by atoms with E-state index in [0.717, 1.165) is 5.56 Å². The summed E-state index contributed by atoms with van der Waals surface area (Å²) >= 11 is 5.89. The zero-order valence-electron chi connectivity index (χ0n) is 8.04. The molecule has 1 aromatic carbocycles.